The molecule has 0 aliphatic carbocycles. The summed E-state index contributed by atoms with van der Waals surface area (Å²) >= 11 is 0. The molecule has 1 N–H and O–H groups in total. The van der Waals surface area contributed by atoms with Crippen molar-refractivity contribution in [3.05, 3.63) is 69.1 Å². The van der Waals surface area contributed by atoms with Gasteiger partial charge in [-0.25, -0.2) is 13.8 Å². The molecule has 5 nitrogen and oxygen atoms in total. The highest BCUT2D eigenvalue weighted by Gasteiger charge is 2.10. The number of rotatable bonds is 2. The molecule has 0 atom stereocenters. The van der Waals surface area contributed by atoms with Crippen LogP contribution in [0, 0.1) is 5.82 Å². The summed E-state index contributed by atoms with van der Waals surface area (Å²) in [6.45, 7) is 0. The number of nitrogens with zero attached hydrogens (tertiary/aromatic N) is 1. The van der Waals surface area contributed by atoms with E-state index in [1.165, 1.54) is 19.2 Å². The minimum Gasteiger partial charge on any atom is -0.497 e. The van der Waals surface area contributed by atoms with Crippen LogP contribution in [-0.2, 0) is 0 Å². The summed E-state index contributed by atoms with van der Waals surface area (Å²) in [7, 11) is 1.52. The first-order valence-corrected chi connectivity index (χ1v) is 6.19. The average molecular weight is 286 g/mol. The van der Waals surface area contributed by atoms with Gasteiger partial charge in [-0.2, -0.15) is 0 Å². The van der Waals surface area contributed by atoms with E-state index < -0.39 is 17.1 Å². The molecule has 0 unspecified atom stereocenters. The molecule has 1 aromatic heterocycles. The lowest BCUT2D eigenvalue weighted by molar-refractivity contribution is 0.414. The minimum atomic E-state index is -0.579. The number of benzene rings is 2. The van der Waals surface area contributed by atoms with Gasteiger partial charge < -0.3 is 9.72 Å². The number of hydrogen-bond acceptors (Lipinski definition) is 3. The number of halogens is 1. The summed E-state index contributed by atoms with van der Waals surface area (Å²) in [4.78, 5) is 27.0. The smallest absolute Gasteiger partial charge is 0.333 e. The molecule has 0 aliphatic rings. The first-order chi connectivity index (χ1) is 10.1. The Kier molecular flexibility index (Phi) is 3.06. The zero-order valence-corrected chi connectivity index (χ0v) is 11.1. The molecule has 0 fully saturated rings. The highest BCUT2D eigenvalue weighted by Crippen LogP contribution is 2.13. The van der Waals surface area contributed by atoms with Gasteiger partial charge >= 0.3 is 5.69 Å². The maximum Gasteiger partial charge on any atom is 0.333 e. The van der Waals surface area contributed by atoms with Gasteiger partial charge in [0, 0.05) is 0 Å². The summed E-state index contributed by atoms with van der Waals surface area (Å²) in [5.41, 5.74) is -0.466. The van der Waals surface area contributed by atoms with Crippen LogP contribution in [0.2, 0.25) is 0 Å². The normalized spacial score (nSPS) is 10.8. The van der Waals surface area contributed by atoms with Gasteiger partial charge in [-0.15, -0.1) is 0 Å². The van der Waals surface area contributed by atoms with Crippen molar-refractivity contribution in [2.45, 2.75) is 0 Å². The van der Waals surface area contributed by atoms with E-state index in [2.05, 4.69) is 4.98 Å². The van der Waals surface area contributed by atoms with Crippen molar-refractivity contribution >= 4 is 10.9 Å². The van der Waals surface area contributed by atoms with Gasteiger partial charge in [0.05, 0.1) is 23.7 Å². The van der Waals surface area contributed by atoms with Crippen molar-refractivity contribution in [1.82, 2.24) is 9.55 Å². The number of ether oxygens (including phenoxy) is 1. The highest BCUT2D eigenvalue weighted by atomic mass is 19.1. The van der Waals surface area contributed by atoms with E-state index in [-0.39, 0.29) is 5.39 Å². The fourth-order valence-corrected chi connectivity index (χ4v) is 2.15. The van der Waals surface area contributed by atoms with Crippen molar-refractivity contribution in [2.24, 2.45) is 0 Å². The second-order valence-corrected chi connectivity index (χ2v) is 4.46. The standard InChI is InChI=1S/C15H11FN2O3/c1-21-11-5-3-10(4-6-11)18-14(19)12-8-9(16)2-7-13(12)17-15(18)20/h2-8H,1H3,(H,17,20). The van der Waals surface area contributed by atoms with Crippen molar-refractivity contribution < 1.29 is 9.13 Å². The Morgan fingerprint density at radius 3 is 2.48 bits per heavy atom. The number of methoxy groups -OCH3 is 1. The van der Waals surface area contributed by atoms with Gasteiger partial charge in [0.15, 0.2) is 0 Å². The Morgan fingerprint density at radius 2 is 1.81 bits per heavy atom. The zero-order chi connectivity index (χ0) is 15.0. The predicted octanol–water partition coefficient (Wildman–Crippen LogP) is 1.83. The summed E-state index contributed by atoms with van der Waals surface area (Å²) in [5, 5.41) is 0.116. The monoisotopic (exact) mass is 286 g/mol. The molecule has 3 rings (SSSR count). The van der Waals surface area contributed by atoms with Crippen LogP contribution in [0.1, 0.15) is 0 Å². The first-order valence-electron chi connectivity index (χ1n) is 6.19. The molecule has 6 heteroatoms. The topological polar surface area (TPSA) is 64.1 Å². The molecule has 0 saturated heterocycles. The third-order valence-corrected chi connectivity index (χ3v) is 3.19. The number of nitrogens with one attached hydrogen (secondary N) is 1. The van der Waals surface area contributed by atoms with Gasteiger partial charge in [-0.3, -0.25) is 4.79 Å². The first kappa shape index (κ1) is 13.1. The maximum atomic E-state index is 13.3. The Bertz CT molecular complexity index is 926. The molecule has 0 radical (unpaired) electrons. The van der Waals surface area contributed by atoms with E-state index in [0.717, 1.165) is 10.6 Å². The van der Waals surface area contributed by atoms with Crippen molar-refractivity contribution in [1.29, 1.82) is 0 Å². The summed E-state index contributed by atoms with van der Waals surface area (Å²) in [6.07, 6.45) is 0. The molecule has 21 heavy (non-hydrogen) atoms. The Morgan fingerprint density at radius 1 is 1.10 bits per heavy atom. The van der Waals surface area contributed by atoms with Crippen LogP contribution >= 0.6 is 0 Å². The van der Waals surface area contributed by atoms with Gasteiger partial charge in [-0.1, -0.05) is 0 Å². The van der Waals surface area contributed by atoms with Crippen molar-refractivity contribution in [2.75, 3.05) is 7.11 Å². The SMILES string of the molecule is COc1ccc(-n2c(=O)[nH]c3ccc(F)cc3c2=O)cc1. The molecule has 0 aliphatic heterocycles. The number of aromatic nitrogens is 2. The van der Waals surface area contributed by atoms with Gasteiger partial charge in [0.1, 0.15) is 11.6 Å². The fourth-order valence-electron chi connectivity index (χ4n) is 2.15. The largest absolute Gasteiger partial charge is 0.497 e. The summed E-state index contributed by atoms with van der Waals surface area (Å²) in [6, 6.07) is 10.1. The molecule has 3 aromatic rings. The summed E-state index contributed by atoms with van der Waals surface area (Å²) in [5.74, 6) is 0.0722. The second kappa shape index (κ2) is 4.90. The highest BCUT2D eigenvalue weighted by molar-refractivity contribution is 5.77. The van der Waals surface area contributed by atoms with Gasteiger partial charge in [0.2, 0.25) is 0 Å². The van der Waals surface area contributed by atoms with Crippen LogP contribution in [0.3, 0.4) is 0 Å². The van der Waals surface area contributed by atoms with E-state index in [0.29, 0.717) is 17.0 Å². The lowest BCUT2D eigenvalue weighted by atomic mass is 10.2. The molecule has 2 aromatic carbocycles. The van der Waals surface area contributed by atoms with E-state index in [9.17, 15) is 14.0 Å². The molecule has 0 bridgehead atoms. The Hall–Kier alpha value is -2.89. The van der Waals surface area contributed by atoms with Crippen molar-refractivity contribution in [3.63, 3.8) is 0 Å². The van der Waals surface area contributed by atoms with Crippen LogP contribution in [0.25, 0.3) is 16.6 Å². The number of aromatic amines is 1. The molecule has 106 valence electrons. The fraction of sp³-hybridized carbons (Fsp3) is 0.0667. The molecule has 0 spiro atoms. The Labute approximate surface area is 118 Å². The lowest BCUT2D eigenvalue weighted by Gasteiger charge is -2.07. The van der Waals surface area contributed by atoms with Crippen LogP contribution < -0.4 is 16.0 Å². The van der Waals surface area contributed by atoms with E-state index >= 15 is 0 Å². The maximum absolute atomic E-state index is 13.3. The van der Waals surface area contributed by atoms with Crippen LogP contribution in [0.15, 0.2) is 52.1 Å². The van der Waals surface area contributed by atoms with Crippen molar-refractivity contribution in [3.8, 4) is 11.4 Å². The van der Waals surface area contributed by atoms with E-state index in [1.54, 1.807) is 24.3 Å². The average Bonchev–Trinajstić information content (AvgIpc) is 2.49. The summed E-state index contributed by atoms with van der Waals surface area (Å²) < 4.78 is 19.3. The van der Waals surface area contributed by atoms with Crippen LogP contribution in [0.4, 0.5) is 4.39 Å². The van der Waals surface area contributed by atoms with Crippen LogP contribution in [0.5, 0.6) is 5.75 Å². The molecule has 0 saturated carbocycles. The zero-order valence-electron chi connectivity index (χ0n) is 11.1. The Balaban J connectivity index is 2.31. The lowest BCUT2D eigenvalue weighted by Crippen LogP contribution is -2.33. The van der Waals surface area contributed by atoms with E-state index in [4.69, 9.17) is 4.74 Å². The van der Waals surface area contributed by atoms with E-state index in [1.807, 2.05) is 0 Å². The van der Waals surface area contributed by atoms with Crippen LogP contribution in [-0.4, -0.2) is 16.7 Å². The van der Waals surface area contributed by atoms with Gasteiger partial charge in [0.25, 0.3) is 5.56 Å². The molecular formula is C15H11FN2O3. The van der Waals surface area contributed by atoms with Gasteiger partial charge in [-0.05, 0) is 42.5 Å². The number of hydrogen-bond donors (Lipinski definition) is 1. The third-order valence-electron chi connectivity index (χ3n) is 3.19. The molecule has 0 amide bonds. The number of fused-ring (bicyclic) bond motifs is 1. The predicted molar refractivity (Wildman–Crippen MR) is 76.7 cm³/mol. The quantitative estimate of drug-likeness (QED) is 0.781. The second-order valence-electron chi connectivity index (χ2n) is 4.46. The number of H-pyrrole nitrogens is 1. The molecule has 1 heterocycles. The third kappa shape index (κ3) is 2.20. The molecular weight excluding hydrogens is 275 g/mol. The minimum absolute atomic E-state index is 0.116.